The van der Waals surface area contributed by atoms with Crippen molar-refractivity contribution in [2.24, 2.45) is 16.1 Å². The molecule has 0 aliphatic carbocycles. The molecule has 3 rings (SSSR count). The van der Waals surface area contributed by atoms with Gasteiger partial charge in [-0.25, -0.2) is 25.2 Å². The van der Waals surface area contributed by atoms with E-state index < -0.39 is 10.1 Å². The van der Waals surface area contributed by atoms with E-state index in [4.69, 9.17) is 16.3 Å². The predicted octanol–water partition coefficient (Wildman–Crippen LogP) is 0.0675. The molecule has 1 unspecified atom stereocenters. The zero-order chi connectivity index (χ0) is 22.6. The van der Waals surface area contributed by atoms with Crippen LogP contribution in [0.15, 0.2) is 28.5 Å². The van der Waals surface area contributed by atoms with Crippen molar-refractivity contribution in [3.8, 4) is 0 Å². The Balaban J connectivity index is 0.000000225. The van der Waals surface area contributed by atoms with E-state index in [2.05, 4.69) is 31.1 Å². The van der Waals surface area contributed by atoms with Crippen LogP contribution in [0, 0.1) is 26.1 Å². The van der Waals surface area contributed by atoms with Gasteiger partial charge in [0.25, 0.3) is 11.9 Å². The Hall–Kier alpha value is -3.26. The first-order valence-electron chi connectivity index (χ1n) is 9.42. The minimum absolute atomic E-state index is 0.182. The Morgan fingerprint density at radius 2 is 2.23 bits per heavy atom. The Kier molecular flexibility index (Phi) is 9.64. The maximum Gasteiger partial charge on any atom is 0.271 e. The summed E-state index contributed by atoms with van der Waals surface area (Å²) in [7, 11) is 1.58. The van der Waals surface area contributed by atoms with Crippen molar-refractivity contribution in [1.82, 2.24) is 25.8 Å². The van der Waals surface area contributed by atoms with Gasteiger partial charge in [0.2, 0.25) is 0 Å². The van der Waals surface area contributed by atoms with Gasteiger partial charge in [0, 0.05) is 51.9 Å². The standard InChI is InChI=1S/C9H10ClN5O2.C7H14N4O3/c10-8-2-1-7(5-12-8)6-14-4-3-11-9(14)13-15(16)17;1-8-7(10-11(12)13)9-4-6-2-3-14-5-6/h1-2,5H,3-4,6H2,(H,11,13);6H,2-5H2,1H3,(H2,8,9,10). The lowest BCUT2D eigenvalue weighted by Gasteiger charge is -2.14. The summed E-state index contributed by atoms with van der Waals surface area (Å²) in [5.74, 6) is 0.882. The fourth-order valence-corrected chi connectivity index (χ4v) is 2.92. The van der Waals surface area contributed by atoms with Crippen LogP contribution in [0.5, 0.6) is 0 Å². The van der Waals surface area contributed by atoms with E-state index in [0.29, 0.717) is 43.9 Å². The molecule has 0 bridgehead atoms. The smallest absolute Gasteiger partial charge is 0.271 e. The number of ether oxygens (including phenoxy) is 1. The number of nitro groups is 2. The molecule has 1 aromatic rings. The molecule has 0 spiro atoms. The third-order valence-electron chi connectivity index (χ3n) is 4.30. The molecule has 170 valence electrons. The largest absolute Gasteiger partial charge is 0.381 e. The Morgan fingerprint density at radius 1 is 1.42 bits per heavy atom. The first kappa shape index (κ1) is 24.0. The molecule has 0 amide bonds. The van der Waals surface area contributed by atoms with Crippen LogP contribution in [0.4, 0.5) is 0 Å². The highest BCUT2D eigenvalue weighted by molar-refractivity contribution is 6.29. The van der Waals surface area contributed by atoms with Gasteiger partial charge in [0.15, 0.2) is 10.1 Å². The molecule has 14 nitrogen and oxygen atoms in total. The highest BCUT2D eigenvalue weighted by Crippen LogP contribution is 2.11. The van der Waals surface area contributed by atoms with E-state index in [1.54, 1.807) is 24.2 Å². The third kappa shape index (κ3) is 8.96. The van der Waals surface area contributed by atoms with Crippen LogP contribution in [0.1, 0.15) is 12.0 Å². The van der Waals surface area contributed by atoms with E-state index in [0.717, 1.165) is 18.6 Å². The number of hydrogen-bond acceptors (Lipinski definition) is 6. The number of hydrogen-bond donors (Lipinski definition) is 3. The topological polar surface area (TPSA) is 172 Å². The maximum absolute atomic E-state index is 10.3. The molecule has 2 fully saturated rings. The molecule has 0 saturated carbocycles. The van der Waals surface area contributed by atoms with E-state index in [1.165, 1.54) is 0 Å². The lowest BCUT2D eigenvalue weighted by molar-refractivity contribution is -0.485. The van der Waals surface area contributed by atoms with Crippen LogP contribution in [0.3, 0.4) is 0 Å². The average molecular weight is 458 g/mol. The fourth-order valence-electron chi connectivity index (χ4n) is 2.81. The molecule has 3 heterocycles. The second kappa shape index (κ2) is 12.4. The van der Waals surface area contributed by atoms with Gasteiger partial charge in [-0.15, -0.1) is 0 Å². The summed E-state index contributed by atoms with van der Waals surface area (Å²) >= 11 is 5.68. The first-order chi connectivity index (χ1) is 14.9. The molecule has 1 aromatic heterocycles. The highest BCUT2D eigenvalue weighted by atomic mass is 35.5. The van der Waals surface area contributed by atoms with Crippen LogP contribution in [-0.2, 0) is 11.3 Å². The van der Waals surface area contributed by atoms with Gasteiger partial charge >= 0.3 is 0 Å². The van der Waals surface area contributed by atoms with Crippen molar-refractivity contribution < 1.29 is 14.8 Å². The fraction of sp³-hybridized carbons (Fsp3) is 0.562. The number of aromatic nitrogens is 1. The molecule has 1 atom stereocenters. The molecule has 3 N–H and O–H groups in total. The van der Waals surface area contributed by atoms with E-state index in [9.17, 15) is 20.2 Å². The Bertz CT molecular complexity index is 799. The van der Waals surface area contributed by atoms with E-state index in [-0.39, 0.29) is 11.9 Å². The van der Waals surface area contributed by atoms with Gasteiger partial charge in [-0.1, -0.05) is 17.7 Å². The second-order valence-electron chi connectivity index (χ2n) is 6.55. The van der Waals surface area contributed by atoms with Gasteiger partial charge < -0.3 is 25.6 Å². The van der Waals surface area contributed by atoms with E-state index in [1.807, 2.05) is 6.07 Å². The number of nitrogens with zero attached hydrogens (tertiary/aromatic N) is 6. The predicted molar refractivity (Wildman–Crippen MR) is 113 cm³/mol. The maximum atomic E-state index is 10.3. The Morgan fingerprint density at radius 3 is 2.81 bits per heavy atom. The van der Waals surface area contributed by atoms with Crippen molar-refractivity contribution in [3.63, 3.8) is 0 Å². The number of hydrazone groups is 2. The van der Waals surface area contributed by atoms with Gasteiger partial charge in [-0.3, -0.25) is 0 Å². The average Bonchev–Trinajstić information content (AvgIpc) is 3.39. The van der Waals surface area contributed by atoms with Crippen molar-refractivity contribution in [2.45, 2.75) is 13.0 Å². The zero-order valence-corrected chi connectivity index (χ0v) is 17.6. The molecule has 0 radical (unpaired) electrons. The minimum Gasteiger partial charge on any atom is -0.381 e. The van der Waals surface area contributed by atoms with Crippen LogP contribution in [0.25, 0.3) is 0 Å². The minimum atomic E-state index is -0.732. The summed E-state index contributed by atoms with van der Waals surface area (Å²) in [6.07, 6.45) is 2.63. The number of pyridine rings is 1. The summed E-state index contributed by atoms with van der Waals surface area (Å²) in [5, 5.41) is 34.1. The second-order valence-corrected chi connectivity index (χ2v) is 6.93. The number of nitrogens with one attached hydrogen (secondary N) is 3. The van der Waals surface area contributed by atoms with Crippen molar-refractivity contribution in [3.05, 3.63) is 49.3 Å². The highest BCUT2D eigenvalue weighted by Gasteiger charge is 2.21. The molecular formula is C16H24ClN9O5. The summed E-state index contributed by atoms with van der Waals surface area (Å²) < 4.78 is 5.17. The van der Waals surface area contributed by atoms with Crippen LogP contribution in [-0.4, -0.2) is 71.8 Å². The summed E-state index contributed by atoms with van der Waals surface area (Å²) in [6, 6.07) is 3.52. The van der Waals surface area contributed by atoms with Crippen molar-refractivity contribution in [1.29, 1.82) is 0 Å². The summed E-state index contributed by atoms with van der Waals surface area (Å²) in [6.45, 7) is 3.97. The molecule has 2 aliphatic rings. The van der Waals surface area contributed by atoms with Gasteiger partial charge in [-0.05, 0) is 18.1 Å². The first-order valence-corrected chi connectivity index (χ1v) is 9.79. The molecule has 0 aromatic carbocycles. The number of guanidine groups is 2. The SMILES string of the molecule is CN/C(=N/[N+](=O)[O-])NCC1CCOC1.O=[N+]([O-])/N=C1\NCCN1Cc1ccc(Cl)nc1. The van der Waals surface area contributed by atoms with Gasteiger partial charge in [0.1, 0.15) is 15.4 Å². The molecule has 2 saturated heterocycles. The third-order valence-corrected chi connectivity index (χ3v) is 4.53. The van der Waals surface area contributed by atoms with Crippen molar-refractivity contribution >= 4 is 23.5 Å². The van der Waals surface area contributed by atoms with Crippen LogP contribution in [0.2, 0.25) is 5.15 Å². The van der Waals surface area contributed by atoms with E-state index >= 15 is 0 Å². The normalized spacial score (nSPS) is 19.4. The quantitative estimate of drug-likeness (QED) is 0.174. The molecular weight excluding hydrogens is 434 g/mol. The molecule has 15 heteroatoms. The lowest BCUT2D eigenvalue weighted by atomic mass is 10.1. The van der Waals surface area contributed by atoms with Crippen LogP contribution >= 0.6 is 11.6 Å². The molecule has 31 heavy (non-hydrogen) atoms. The number of rotatable bonds is 6. The lowest BCUT2D eigenvalue weighted by Crippen LogP contribution is -2.38. The zero-order valence-electron chi connectivity index (χ0n) is 16.9. The summed E-state index contributed by atoms with van der Waals surface area (Å²) in [5.41, 5.74) is 0.925. The Labute approximate surface area is 183 Å². The summed E-state index contributed by atoms with van der Waals surface area (Å²) in [4.78, 5) is 26.1. The van der Waals surface area contributed by atoms with Crippen LogP contribution < -0.4 is 16.0 Å². The van der Waals surface area contributed by atoms with Gasteiger partial charge in [-0.2, -0.15) is 0 Å². The van der Waals surface area contributed by atoms with Gasteiger partial charge in [0.05, 0.1) is 6.61 Å². The molecule has 2 aliphatic heterocycles. The number of halogens is 1. The van der Waals surface area contributed by atoms with Crippen molar-refractivity contribution in [2.75, 3.05) is 39.9 Å². The monoisotopic (exact) mass is 457 g/mol.